The molecule has 0 fully saturated rings. The molecule has 1 aliphatic rings. The normalized spacial score (nSPS) is 14.7. The molecule has 45 nitrogen and oxygen atoms in total. The minimum Gasteiger partial charge on any atom is -0.480 e. The number of carbonyl (C=O) groups excluding carboxylic acids is 15. The van der Waals surface area contributed by atoms with Crippen molar-refractivity contribution in [2.45, 2.75) is 271 Å². The quantitative estimate of drug-likeness (QED) is 0.0189. The lowest BCUT2D eigenvalue weighted by molar-refractivity contribution is -0.143. The summed E-state index contributed by atoms with van der Waals surface area (Å²) in [4.78, 5) is 223. The number of carboxylic acids is 1. The average Bonchev–Trinajstić information content (AvgIpc) is 1.61. The highest BCUT2D eigenvalue weighted by molar-refractivity contribution is 6.01. The Balaban J connectivity index is 1.86. The predicted molar refractivity (Wildman–Crippen MR) is 490 cm³/mol. The zero-order valence-electron chi connectivity index (χ0n) is 77.6. The summed E-state index contributed by atoms with van der Waals surface area (Å²) in [6.07, 6.45) is -1.69. The van der Waals surface area contributed by atoms with Crippen molar-refractivity contribution in [3.05, 3.63) is 59.7 Å². The van der Waals surface area contributed by atoms with Crippen LogP contribution in [0, 0.1) is 57.1 Å². The second-order valence-electron chi connectivity index (χ2n) is 34.8. The van der Waals surface area contributed by atoms with E-state index in [0.717, 1.165) is 22.3 Å². The van der Waals surface area contributed by atoms with E-state index in [9.17, 15) is 81.8 Å². The van der Waals surface area contributed by atoms with Gasteiger partial charge in [-0.3, -0.25) is 88.8 Å². The molecule has 0 saturated heterocycles. The molecule has 15 amide bonds. The number of nitrogens with two attached hydrogens (primary N) is 5. The third kappa shape index (κ3) is 41.4. The number of amides is 15. The number of guanidine groups is 4. The van der Waals surface area contributed by atoms with Crippen LogP contribution < -0.4 is 124 Å². The first-order chi connectivity index (χ1) is 61.5. The van der Waals surface area contributed by atoms with Crippen LogP contribution in [0.3, 0.4) is 0 Å². The number of carbonyl (C=O) groups is 16. The Morgan fingerprint density at radius 1 is 0.359 bits per heavy atom. The van der Waals surface area contributed by atoms with Crippen molar-refractivity contribution in [2.75, 3.05) is 39.3 Å². The lowest BCUT2D eigenvalue weighted by Gasteiger charge is -2.29. The molecular formula is C86H143N27O18. The van der Waals surface area contributed by atoms with Gasteiger partial charge in [0.1, 0.15) is 91.7 Å². The van der Waals surface area contributed by atoms with E-state index in [1.165, 1.54) is 13.8 Å². The van der Waals surface area contributed by atoms with Crippen molar-refractivity contribution in [3.8, 4) is 11.1 Å². The Kier molecular flexibility index (Phi) is 48.7. The second kappa shape index (κ2) is 57.0. The molecule has 14 atom stereocenters. The van der Waals surface area contributed by atoms with Crippen molar-refractivity contribution in [1.29, 1.82) is 21.6 Å². The van der Waals surface area contributed by atoms with Crippen molar-refractivity contribution in [3.63, 3.8) is 0 Å². The van der Waals surface area contributed by atoms with Crippen molar-refractivity contribution >= 4 is 119 Å². The van der Waals surface area contributed by atoms with Crippen LogP contribution in [0.1, 0.15) is 204 Å². The fourth-order valence-corrected chi connectivity index (χ4v) is 14.2. The summed E-state index contributed by atoms with van der Waals surface area (Å²) in [5, 5.41) is 87.3. The second-order valence-corrected chi connectivity index (χ2v) is 34.8. The fraction of sp³-hybridized carbons (Fsp3) is 0.628. The number of hydrogen-bond donors (Lipinski definition) is 28. The molecule has 0 saturated carbocycles. The molecule has 0 aromatic heterocycles. The summed E-state index contributed by atoms with van der Waals surface area (Å²) in [7, 11) is 0. The van der Waals surface area contributed by atoms with Crippen LogP contribution in [0.15, 0.2) is 48.5 Å². The monoisotopic (exact) mass is 1840 g/mol. The lowest BCUT2D eigenvalue weighted by atomic mass is 9.96. The van der Waals surface area contributed by atoms with E-state index in [1.807, 2.05) is 48.5 Å². The van der Waals surface area contributed by atoms with Gasteiger partial charge in [-0.2, -0.15) is 0 Å². The number of alkyl carbamates (subject to hydrolysis) is 1. The first-order valence-electron chi connectivity index (χ1n) is 44.4. The summed E-state index contributed by atoms with van der Waals surface area (Å²) in [6, 6.07) is -3.27. The van der Waals surface area contributed by atoms with E-state index in [1.54, 1.807) is 83.1 Å². The van der Waals surface area contributed by atoms with Crippen LogP contribution in [0.2, 0.25) is 0 Å². The number of rotatable bonds is 59. The molecule has 0 aliphatic heterocycles. The van der Waals surface area contributed by atoms with Gasteiger partial charge >= 0.3 is 12.1 Å². The maximum atomic E-state index is 14.8. The Morgan fingerprint density at radius 3 is 1.01 bits per heavy atom. The SMILES string of the molecule is CC[C@H](C)[C@H](NC(=O)[C@H](CCCNC(=N)N)NC(=O)[C@H](CCCNC(=N)N)NC(=O)[C@H](C)NC(=O)[C@@H](NC(=O)[C@H](C)NC(=O)[C@H](CC(C)C)NC(=O)[C@H](CC(C)C)NC(=O)[C@H](CCCNC(=N)N)NC(=O)[C@H](CCCNC(=N)N)NC(=O)[C@H](CC(C)C)NC(=O)[C@H](CC(N)=O)NC(=O)CNC(=O)OCC1c2ccccc2-c2ccccc21)C(C)C)C(=O)N[C@@H](CC(C)C)C(=O)O. The maximum Gasteiger partial charge on any atom is 0.407 e. The van der Waals surface area contributed by atoms with Gasteiger partial charge in [0.2, 0.25) is 82.7 Å². The molecule has 2 aromatic carbocycles. The number of nitrogens with one attached hydrogen (secondary N) is 22. The lowest BCUT2D eigenvalue weighted by Crippen LogP contribution is -2.61. The predicted octanol–water partition coefficient (Wildman–Crippen LogP) is -2.23. The smallest absolute Gasteiger partial charge is 0.407 e. The molecule has 0 bridgehead atoms. The largest absolute Gasteiger partial charge is 0.480 e. The molecule has 1 aliphatic carbocycles. The van der Waals surface area contributed by atoms with Crippen LogP contribution in [-0.4, -0.2) is 242 Å². The standard InChI is InChI=1S/C86H143N27O18/c1-15-48(12)68(80(127)111-64(81(128)129)39-46(8)9)113-74(121)59(31-23-35-99-85(94)95)106-71(118)56(28-20-32-96-82(88)89)104-69(116)49(13)102-79(126)67(47(10)11)112-70(117)50(14)101-75(122)60(36-43(2)3)109-77(124)62(38-45(6)7)108-73(120)58(30-22-34-98-84(92)93)105-72(119)57(29-21-33-97-83(90)91)107-76(123)61(37-44(4)5)110-78(125)63(40-65(87)114)103-66(115)41-100-86(130)131-42-55-53-26-18-16-24-51(53)52-25-17-19-27-54(52)55/h16-19,24-27,43-50,55-64,67-68H,15,20-23,28-42H2,1-14H3,(H2,87,114)(H,100,130)(H,101,122)(H,102,126)(H,103,115)(H,104,116)(H,105,119)(H,106,118)(H,107,123)(H,108,120)(H,109,124)(H,110,125)(H,111,127)(H,112,117)(H,113,121)(H,128,129)(H4,88,89,96)(H4,90,91,97)(H4,92,93,98)(H4,94,95,99)/t48-,49-,50-,56-,57-,58-,59-,60-,61-,62-,63-,64-,67-,68-/m0/s1. The van der Waals surface area contributed by atoms with E-state index >= 15 is 0 Å². The minimum absolute atomic E-state index is 0.00990. The van der Waals surface area contributed by atoms with Crippen molar-refractivity contribution in [1.82, 2.24) is 95.7 Å². The summed E-state index contributed by atoms with van der Waals surface area (Å²) in [6.45, 7) is 22.5. The molecule has 0 unspecified atom stereocenters. The third-order valence-electron chi connectivity index (χ3n) is 21.2. The number of hydrogen-bond acceptors (Lipinski definition) is 21. The first kappa shape index (κ1) is 112. The summed E-state index contributed by atoms with van der Waals surface area (Å²) in [5.41, 5.74) is 31.6. The maximum absolute atomic E-state index is 14.8. The topological polar surface area (TPSA) is 745 Å². The highest BCUT2D eigenvalue weighted by atomic mass is 16.5. The van der Waals surface area contributed by atoms with Crippen LogP contribution in [-0.2, 0) is 76.7 Å². The Morgan fingerprint density at radius 2 is 0.656 bits per heavy atom. The number of ether oxygens (including phenoxy) is 1. The average molecular weight is 1840 g/mol. The minimum atomic E-state index is -1.69. The molecular weight excluding hydrogens is 1700 g/mol. The van der Waals surface area contributed by atoms with Crippen molar-refractivity contribution < 1.29 is 86.6 Å². The number of fused-ring (bicyclic) bond motifs is 3. The van der Waals surface area contributed by atoms with Crippen LogP contribution in [0.4, 0.5) is 4.79 Å². The Labute approximate surface area is 764 Å². The first-order valence-corrected chi connectivity index (χ1v) is 44.4. The van der Waals surface area contributed by atoms with Gasteiger partial charge in [-0.15, -0.1) is 0 Å². The Bertz CT molecular complexity index is 4220. The van der Waals surface area contributed by atoms with Gasteiger partial charge < -0.3 is 134 Å². The fourth-order valence-electron chi connectivity index (χ4n) is 14.2. The van der Waals surface area contributed by atoms with Crippen LogP contribution >= 0.6 is 0 Å². The molecule has 45 heteroatoms. The molecule has 730 valence electrons. The third-order valence-corrected chi connectivity index (χ3v) is 21.2. The Hall–Kier alpha value is -13.2. The van der Waals surface area contributed by atoms with Gasteiger partial charge in [0.05, 0.1) is 6.42 Å². The highest BCUT2D eigenvalue weighted by Crippen LogP contribution is 2.44. The van der Waals surface area contributed by atoms with Crippen LogP contribution in [0.5, 0.6) is 0 Å². The van der Waals surface area contributed by atoms with E-state index in [4.69, 9.17) is 55.0 Å². The number of carboxylic acid groups (broad SMARTS) is 1. The zero-order chi connectivity index (χ0) is 98.6. The highest BCUT2D eigenvalue weighted by Gasteiger charge is 2.40. The molecule has 2 aromatic rings. The molecule has 131 heavy (non-hydrogen) atoms. The van der Waals surface area contributed by atoms with Gasteiger partial charge in [-0.1, -0.05) is 138 Å². The van der Waals surface area contributed by atoms with Gasteiger partial charge in [0, 0.05) is 32.1 Å². The van der Waals surface area contributed by atoms with E-state index in [0.29, 0.717) is 6.42 Å². The molecule has 3 rings (SSSR count). The van der Waals surface area contributed by atoms with E-state index in [-0.39, 0.29) is 145 Å². The van der Waals surface area contributed by atoms with Gasteiger partial charge in [0.15, 0.2) is 23.8 Å². The van der Waals surface area contributed by atoms with Gasteiger partial charge in [-0.05, 0) is 149 Å². The van der Waals surface area contributed by atoms with Crippen LogP contribution in [0.25, 0.3) is 11.1 Å². The van der Waals surface area contributed by atoms with Gasteiger partial charge in [-0.25, -0.2) is 9.59 Å². The molecule has 0 spiro atoms. The summed E-state index contributed by atoms with van der Waals surface area (Å²) in [5.74, 6) is -18.2. The molecule has 33 N–H and O–H groups in total. The van der Waals surface area contributed by atoms with E-state index in [2.05, 4.69) is 95.7 Å². The zero-order valence-corrected chi connectivity index (χ0v) is 77.6. The number of benzene rings is 2. The number of primary amides is 1. The summed E-state index contributed by atoms with van der Waals surface area (Å²) >= 11 is 0. The summed E-state index contributed by atoms with van der Waals surface area (Å²) < 4.78 is 5.54. The molecule has 0 radical (unpaired) electrons. The van der Waals surface area contributed by atoms with E-state index < -0.39 is 216 Å². The van der Waals surface area contributed by atoms with Gasteiger partial charge in [0.25, 0.3) is 0 Å². The van der Waals surface area contributed by atoms with Crippen molar-refractivity contribution in [2.24, 2.45) is 64.2 Å². The molecule has 0 heterocycles. The number of aliphatic carboxylic acids is 1.